The summed E-state index contributed by atoms with van der Waals surface area (Å²) < 4.78 is 11.7. The number of nitrogens with one attached hydrogen (secondary N) is 1. The molecule has 0 aliphatic rings. The van der Waals surface area contributed by atoms with Crippen molar-refractivity contribution in [3.8, 4) is 5.75 Å². The van der Waals surface area contributed by atoms with E-state index in [9.17, 15) is 9.59 Å². The fourth-order valence-electron chi connectivity index (χ4n) is 2.52. The topological polar surface area (TPSA) is 83.6 Å². The number of carbonyl (C=O) groups excluding carboxylic acids is 2. The summed E-state index contributed by atoms with van der Waals surface area (Å²) in [4.78, 5) is 27.2. The Hall–Kier alpha value is -3.70. The van der Waals surface area contributed by atoms with Crippen LogP contribution in [0.15, 0.2) is 60.4 Å². The highest BCUT2D eigenvalue weighted by molar-refractivity contribution is 6.23. The third kappa shape index (κ3) is 5.40. The highest BCUT2D eigenvalue weighted by atomic mass is 16.5. The Morgan fingerprint density at radius 1 is 1.14 bits per heavy atom. The van der Waals surface area contributed by atoms with Gasteiger partial charge < -0.3 is 14.4 Å². The molecular weight excluding hydrogens is 370 g/mol. The third-order valence-electron chi connectivity index (χ3n) is 4.10. The lowest BCUT2D eigenvalue weighted by atomic mass is 10.1. The summed E-state index contributed by atoms with van der Waals surface area (Å²) in [5, 5.41) is 7.44. The van der Waals surface area contributed by atoms with Crippen LogP contribution in [0.25, 0.3) is 5.70 Å². The number of hydrogen-bond donors (Lipinski definition) is 1. The Bertz CT molecular complexity index is 955. The third-order valence-corrected chi connectivity index (χ3v) is 4.10. The minimum atomic E-state index is -0.715. The van der Waals surface area contributed by atoms with Crippen molar-refractivity contribution in [1.29, 1.82) is 5.41 Å². The number of carbonyl (C=O) groups is 2. The van der Waals surface area contributed by atoms with Crippen LogP contribution < -0.4 is 14.2 Å². The predicted octanol–water partition coefficient (Wildman–Crippen LogP) is 2.51. The molecule has 29 heavy (non-hydrogen) atoms. The molecule has 2 aromatic rings. The summed E-state index contributed by atoms with van der Waals surface area (Å²) in [6, 6.07) is 10.3. The SMILES string of the molecule is CCOC(=O)C(=C=N)C=C(C(=O)c1ccc(OC)cc1)[n+]1ccc(N(C)C)cc1. The van der Waals surface area contributed by atoms with Crippen molar-refractivity contribution >= 4 is 29.0 Å². The number of hydrogen-bond acceptors (Lipinski definition) is 6. The first-order valence-electron chi connectivity index (χ1n) is 8.97. The molecule has 1 heterocycles. The highest BCUT2D eigenvalue weighted by Crippen LogP contribution is 2.16. The number of ketones is 1. The quantitative estimate of drug-likeness (QED) is 0.186. The molecule has 150 valence electrons. The van der Waals surface area contributed by atoms with Gasteiger partial charge in [0.05, 0.1) is 13.7 Å². The summed E-state index contributed by atoms with van der Waals surface area (Å²) in [7, 11) is 5.37. The molecular formula is C22H24N3O4+. The zero-order valence-electron chi connectivity index (χ0n) is 16.9. The van der Waals surface area contributed by atoms with Gasteiger partial charge in [0.25, 0.3) is 11.5 Å². The van der Waals surface area contributed by atoms with Crippen molar-refractivity contribution in [1.82, 2.24) is 0 Å². The number of benzene rings is 1. The Balaban J connectivity index is 2.54. The maximum Gasteiger partial charge on any atom is 0.347 e. The van der Waals surface area contributed by atoms with E-state index in [0.29, 0.717) is 11.3 Å². The van der Waals surface area contributed by atoms with E-state index in [1.54, 1.807) is 55.3 Å². The van der Waals surface area contributed by atoms with Crippen LogP contribution >= 0.6 is 0 Å². The largest absolute Gasteiger partial charge is 0.497 e. The number of pyridine rings is 1. The zero-order valence-corrected chi connectivity index (χ0v) is 16.9. The molecule has 0 aliphatic heterocycles. The molecule has 0 atom stereocenters. The lowest BCUT2D eigenvalue weighted by Crippen LogP contribution is -2.36. The van der Waals surface area contributed by atoms with E-state index in [4.69, 9.17) is 14.9 Å². The molecule has 1 N–H and O–H groups in total. The van der Waals surface area contributed by atoms with Gasteiger partial charge in [-0.3, -0.25) is 10.2 Å². The van der Waals surface area contributed by atoms with Crippen LogP contribution in [0.2, 0.25) is 0 Å². The van der Waals surface area contributed by atoms with Crippen LogP contribution in [0, 0.1) is 5.41 Å². The number of methoxy groups -OCH3 is 1. The van der Waals surface area contributed by atoms with Crippen LogP contribution in [0.4, 0.5) is 5.69 Å². The number of anilines is 1. The van der Waals surface area contributed by atoms with Gasteiger partial charge in [0, 0.05) is 43.6 Å². The smallest absolute Gasteiger partial charge is 0.347 e. The number of nitrogens with zero attached hydrogens (tertiary/aromatic N) is 2. The molecule has 1 aromatic carbocycles. The molecule has 1 aromatic heterocycles. The maximum atomic E-state index is 13.2. The molecule has 0 spiro atoms. The molecule has 0 aliphatic carbocycles. The van der Waals surface area contributed by atoms with Gasteiger partial charge in [-0.2, -0.15) is 4.57 Å². The molecule has 0 amide bonds. The molecule has 2 rings (SSSR count). The van der Waals surface area contributed by atoms with Gasteiger partial charge in [-0.15, -0.1) is 0 Å². The van der Waals surface area contributed by atoms with Gasteiger partial charge in [-0.1, -0.05) is 0 Å². The molecule has 0 bridgehead atoms. The summed E-state index contributed by atoms with van der Waals surface area (Å²) in [5.74, 6) is 1.65. The molecule has 0 fully saturated rings. The first-order chi connectivity index (χ1) is 13.9. The van der Waals surface area contributed by atoms with Crippen molar-refractivity contribution in [3.05, 3.63) is 66.0 Å². The molecule has 0 unspecified atom stereocenters. The Morgan fingerprint density at radius 3 is 2.24 bits per heavy atom. The number of allylic oxidation sites excluding steroid dienone is 1. The van der Waals surface area contributed by atoms with E-state index in [-0.39, 0.29) is 23.7 Å². The molecule has 7 nitrogen and oxygen atoms in total. The van der Waals surface area contributed by atoms with E-state index in [0.717, 1.165) is 5.69 Å². The molecule has 0 saturated heterocycles. The number of rotatable bonds is 8. The van der Waals surface area contributed by atoms with Crippen LogP contribution in [-0.4, -0.2) is 45.4 Å². The van der Waals surface area contributed by atoms with E-state index >= 15 is 0 Å². The summed E-state index contributed by atoms with van der Waals surface area (Å²) in [5.41, 5.74) is 1.40. The Labute approximate surface area is 170 Å². The first-order valence-corrected chi connectivity index (χ1v) is 8.97. The Kier molecular flexibility index (Phi) is 7.46. The second-order valence-corrected chi connectivity index (χ2v) is 6.20. The number of ether oxygens (including phenoxy) is 2. The van der Waals surface area contributed by atoms with Crippen LogP contribution in [0.5, 0.6) is 5.75 Å². The second kappa shape index (κ2) is 10.0. The van der Waals surface area contributed by atoms with Crippen molar-refractivity contribution in [2.45, 2.75) is 6.92 Å². The zero-order chi connectivity index (χ0) is 21.4. The molecule has 0 radical (unpaired) electrons. The van der Waals surface area contributed by atoms with Crippen molar-refractivity contribution in [3.63, 3.8) is 0 Å². The average molecular weight is 394 g/mol. The van der Waals surface area contributed by atoms with E-state index in [1.807, 2.05) is 31.1 Å². The number of Topliss-reactive ketones (excluding diaryl/α,β-unsaturated/α-hetero) is 1. The second-order valence-electron chi connectivity index (χ2n) is 6.20. The van der Waals surface area contributed by atoms with Gasteiger partial charge in [0.2, 0.25) is 0 Å². The van der Waals surface area contributed by atoms with Crippen LogP contribution in [0.3, 0.4) is 0 Å². The van der Waals surface area contributed by atoms with Crippen molar-refractivity contribution in [2.75, 3.05) is 32.7 Å². The minimum Gasteiger partial charge on any atom is -0.497 e. The summed E-state index contributed by atoms with van der Waals surface area (Å²) in [6.45, 7) is 1.83. The van der Waals surface area contributed by atoms with Gasteiger partial charge >= 0.3 is 5.97 Å². The summed E-state index contributed by atoms with van der Waals surface area (Å²) >= 11 is 0. The van der Waals surface area contributed by atoms with Crippen molar-refractivity contribution < 1.29 is 23.6 Å². The van der Waals surface area contributed by atoms with Crippen LogP contribution in [-0.2, 0) is 9.53 Å². The first kappa shape index (κ1) is 21.6. The van der Waals surface area contributed by atoms with Gasteiger partial charge in [0.15, 0.2) is 12.4 Å². The van der Waals surface area contributed by atoms with Crippen LogP contribution in [0.1, 0.15) is 17.3 Å². The average Bonchev–Trinajstić information content (AvgIpc) is 2.74. The van der Waals surface area contributed by atoms with Gasteiger partial charge in [-0.05, 0) is 37.1 Å². The number of esters is 1. The maximum absolute atomic E-state index is 13.2. The predicted molar refractivity (Wildman–Crippen MR) is 110 cm³/mol. The normalized spacial score (nSPS) is 10.7. The number of aromatic nitrogens is 1. The lowest BCUT2D eigenvalue weighted by molar-refractivity contribution is -0.576. The van der Waals surface area contributed by atoms with Gasteiger partial charge in [0.1, 0.15) is 11.3 Å². The highest BCUT2D eigenvalue weighted by Gasteiger charge is 2.24. The van der Waals surface area contributed by atoms with E-state index in [1.165, 1.54) is 6.08 Å². The van der Waals surface area contributed by atoms with Gasteiger partial charge in [-0.25, -0.2) is 4.79 Å². The monoisotopic (exact) mass is 394 g/mol. The van der Waals surface area contributed by atoms with E-state index in [2.05, 4.69) is 5.87 Å². The lowest BCUT2D eigenvalue weighted by Gasteiger charge is -2.11. The molecule has 0 saturated carbocycles. The fraction of sp³-hybridized carbons (Fsp3) is 0.227. The van der Waals surface area contributed by atoms with E-state index < -0.39 is 5.97 Å². The summed E-state index contributed by atoms with van der Waals surface area (Å²) in [6.07, 6.45) is 4.75. The standard InChI is InChI=1S/C22H24N3O4/c1-5-29-22(27)17(15-23)14-20(25-12-10-18(11-13-25)24(2)3)21(26)16-6-8-19(28-4)9-7-16/h6-14,23H,5H2,1-4H3/q+1. The minimum absolute atomic E-state index is 0.145. The fourth-order valence-corrected chi connectivity index (χ4v) is 2.52. The molecule has 7 heteroatoms. The Morgan fingerprint density at radius 2 is 1.76 bits per heavy atom. The van der Waals surface area contributed by atoms with Crippen molar-refractivity contribution in [2.24, 2.45) is 0 Å².